The minimum Gasteiger partial charge on any atom is -0.477 e. The van der Waals surface area contributed by atoms with Gasteiger partial charge in [0.25, 0.3) is 0 Å². The van der Waals surface area contributed by atoms with Crippen molar-refractivity contribution in [3.8, 4) is 5.75 Å². The summed E-state index contributed by atoms with van der Waals surface area (Å²) in [6, 6.07) is 4.59. The SMILES string of the molecule is CC(C)=CCC[C@H](C)c1ccc(C)c2c1OCN(CC1CCNCC1)C2. The van der Waals surface area contributed by atoms with Crippen LogP contribution < -0.4 is 10.1 Å². The van der Waals surface area contributed by atoms with Crippen molar-refractivity contribution in [1.29, 1.82) is 0 Å². The van der Waals surface area contributed by atoms with Crippen LogP contribution in [0.15, 0.2) is 23.8 Å². The molecule has 2 aliphatic rings. The highest BCUT2D eigenvalue weighted by atomic mass is 16.5. The van der Waals surface area contributed by atoms with Gasteiger partial charge in [-0.3, -0.25) is 4.90 Å². The Morgan fingerprint density at radius 2 is 2.08 bits per heavy atom. The molecule has 1 atom stereocenters. The fourth-order valence-corrected chi connectivity index (χ4v) is 4.25. The molecule has 0 saturated carbocycles. The van der Waals surface area contributed by atoms with Crippen LogP contribution in [0.2, 0.25) is 0 Å². The van der Waals surface area contributed by atoms with E-state index in [0.29, 0.717) is 5.92 Å². The molecule has 0 amide bonds. The first-order valence-electron chi connectivity index (χ1n) is 10.4. The highest BCUT2D eigenvalue weighted by Gasteiger charge is 2.26. The number of allylic oxidation sites excluding steroid dienone is 2. The minimum atomic E-state index is 0.538. The monoisotopic (exact) mass is 356 g/mol. The van der Waals surface area contributed by atoms with Crippen molar-refractivity contribution >= 4 is 0 Å². The summed E-state index contributed by atoms with van der Waals surface area (Å²) in [4.78, 5) is 2.50. The summed E-state index contributed by atoms with van der Waals surface area (Å²) in [7, 11) is 0. The lowest BCUT2D eigenvalue weighted by Crippen LogP contribution is -2.39. The maximum atomic E-state index is 6.33. The zero-order valence-electron chi connectivity index (χ0n) is 17.1. The Morgan fingerprint density at radius 3 is 2.81 bits per heavy atom. The second-order valence-electron chi connectivity index (χ2n) is 8.52. The quantitative estimate of drug-likeness (QED) is 0.726. The third kappa shape index (κ3) is 4.89. The van der Waals surface area contributed by atoms with E-state index in [1.165, 1.54) is 66.9 Å². The number of aryl methyl sites for hydroxylation is 1. The summed E-state index contributed by atoms with van der Waals surface area (Å²) in [6.07, 6.45) is 7.27. The van der Waals surface area contributed by atoms with Crippen LogP contribution in [0.1, 0.15) is 69.1 Å². The number of hydrogen-bond acceptors (Lipinski definition) is 3. The minimum absolute atomic E-state index is 0.538. The summed E-state index contributed by atoms with van der Waals surface area (Å²) >= 11 is 0. The third-order valence-corrected chi connectivity index (χ3v) is 5.96. The molecule has 1 aromatic rings. The molecule has 0 spiro atoms. The summed E-state index contributed by atoms with van der Waals surface area (Å²) in [5, 5.41) is 3.47. The standard InChI is InChI=1S/C23H36N2O/c1-17(2)6-5-7-18(3)21-9-8-19(4)22-15-25(16-26-23(21)22)14-20-10-12-24-13-11-20/h6,8-9,18,20,24H,5,7,10-16H2,1-4H3/t18-/m0/s1. The van der Waals surface area contributed by atoms with Crippen LogP contribution in [0.4, 0.5) is 0 Å². The fourth-order valence-electron chi connectivity index (χ4n) is 4.25. The average Bonchev–Trinajstić information content (AvgIpc) is 2.63. The van der Waals surface area contributed by atoms with E-state index in [1.54, 1.807) is 0 Å². The van der Waals surface area contributed by atoms with Crippen molar-refractivity contribution in [3.63, 3.8) is 0 Å². The Hall–Kier alpha value is -1.32. The smallest absolute Gasteiger partial charge is 0.142 e. The van der Waals surface area contributed by atoms with Crippen LogP contribution in [0.3, 0.4) is 0 Å². The van der Waals surface area contributed by atoms with E-state index in [-0.39, 0.29) is 0 Å². The second kappa shape index (κ2) is 9.05. The van der Waals surface area contributed by atoms with E-state index in [2.05, 4.69) is 56.1 Å². The van der Waals surface area contributed by atoms with E-state index in [1.807, 2.05) is 0 Å². The lowest BCUT2D eigenvalue weighted by atomic mass is 9.90. The Labute approximate surface area is 159 Å². The van der Waals surface area contributed by atoms with Crippen molar-refractivity contribution in [2.45, 2.75) is 65.8 Å². The van der Waals surface area contributed by atoms with E-state index in [4.69, 9.17) is 4.74 Å². The molecule has 0 aliphatic carbocycles. The molecule has 1 saturated heterocycles. The first-order valence-corrected chi connectivity index (χ1v) is 10.4. The Bertz CT molecular complexity index is 627. The summed E-state index contributed by atoms with van der Waals surface area (Å²) < 4.78 is 6.33. The number of nitrogens with one attached hydrogen (secondary N) is 1. The number of fused-ring (bicyclic) bond motifs is 1. The molecular weight excluding hydrogens is 320 g/mol. The van der Waals surface area contributed by atoms with E-state index >= 15 is 0 Å². The maximum Gasteiger partial charge on any atom is 0.142 e. The van der Waals surface area contributed by atoms with E-state index in [9.17, 15) is 0 Å². The Morgan fingerprint density at radius 1 is 1.31 bits per heavy atom. The van der Waals surface area contributed by atoms with Gasteiger partial charge in [0.1, 0.15) is 12.5 Å². The van der Waals surface area contributed by atoms with Gasteiger partial charge in [0.15, 0.2) is 0 Å². The molecule has 3 nitrogen and oxygen atoms in total. The van der Waals surface area contributed by atoms with Crippen LogP contribution in [0.25, 0.3) is 0 Å². The largest absolute Gasteiger partial charge is 0.477 e. The van der Waals surface area contributed by atoms with Crippen LogP contribution in [0, 0.1) is 12.8 Å². The number of ether oxygens (including phenoxy) is 1. The van der Waals surface area contributed by atoms with Gasteiger partial charge in [-0.05, 0) is 82.5 Å². The zero-order chi connectivity index (χ0) is 18.5. The molecule has 3 heteroatoms. The second-order valence-corrected chi connectivity index (χ2v) is 8.52. The highest BCUT2D eigenvalue weighted by molar-refractivity contribution is 5.48. The van der Waals surface area contributed by atoms with Crippen LogP contribution >= 0.6 is 0 Å². The number of piperidine rings is 1. The molecule has 0 radical (unpaired) electrons. The van der Waals surface area contributed by atoms with Gasteiger partial charge in [-0.25, -0.2) is 0 Å². The molecule has 0 bridgehead atoms. The number of benzene rings is 1. The predicted molar refractivity (Wildman–Crippen MR) is 110 cm³/mol. The van der Waals surface area contributed by atoms with Gasteiger partial charge in [0, 0.05) is 18.7 Å². The summed E-state index contributed by atoms with van der Waals surface area (Å²) in [5.74, 6) is 2.53. The fraction of sp³-hybridized carbons (Fsp3) is 0.652. The highest BCUT2D eigenvalue weighted by Crippen LogP contribution is 2.38. The molecule has 1 aromatic carbocycles. The Kier molecular flexibility index (Phi) is 6.77. The summed E-state index contributed by atoms with van der Waals surface area (Å²) in [5.41, 5.74) is 5.59. The molecule has 1 N–H and O–H groups in total. The van der Waals surface area contributed by atoms with E-state index < -0.39 is 0 Å². The molecule has 144 valence electrons. The predicted octanol–water partition coefficient (Wildman–Crippen LogP) is 5.00. The topological polar surface area (TPSA) is 24.5 Å². The molecule has 3 rings (SSSR count). The number of rotatable bonds is 6. The number of nitrogens with zero attached hydrogens (tertiary/aromatic N) is 1. The average molecular weight is 357 g/mol. The molecule has 2 aliphatic heterocycles. The zero-order valence-corrected chi connectivity index (χ0v) is 17.1. The number of hydrogen-bond donors (Lipinski definition) is 1. The molecule has 0 unspecified atom stereocenters. The van der Waals surface area contributed by atoms with Gasteiger partial charge in [0.2, 0.25) is 0 Å². The van der Waals surface area contributed by atoms with Crippen molar-refractivity contribution < 1.29 is 4.74 Å². The van der Waals surface area contributed by atoms with Crippen LogP contribution in [0.5, 0.6) is 5.75 Å². The lowest BCUT2D eigenvalue weighted by molar-refractivity contribution is 0.0727. The summed E-state index contributed by atoms with van der Waals surface area (Å²) in [6.45, 7) is 14.2. The first-order chi connectivity index (χ1) is 12.5. The molecular formula is C23H36N2O. The van der Waals surface area contributed by atoms with Crippen LogP contribution in [-0.2, 0) is 6.54 Å². The molecule has 1 fully saturated rings. The normalized spacial score (nSPS) is 19.5. The Balaban J connectivity index is 1.68. The van der Waals surface area contributed by atoms with Crippen molar-refractivity contribution in [1.82, 2.24) is 10.2 Å². The van der Waals surface area contributed by atoms with Gasteiger partial charge >= 0.3 is 0 Å². The van der Waals surface area contributed by atoms with Gasteiger partial charge in [-0.15, -0.1) is 0 Å². The maximum absolute atomic E-state index is 6.33. The van der Waals surface area contributed by atoms with Gasteiger partial charge in [-0.1, -0.05) is 30.7 Å². The van der Waals surface area contributed by atoms with Gasteiger partial charge in [0.05, 0.1) is 0 Å². The third-order valence-electron chi connectivity index (χ3n) is 5.96. The van der Waals surface area contributed by atoms with Crippen molar-refractivity contribution in [3.05, 3.63) is 40.5 Å². The van der Waals surface area contributed by atoms with Gasteiger partial charge < -0.3 is 10.1 Å². The lowest BCUT2D eigenvalue weighted by Gasteiger charge is -2.35. The molecule has 0 aromatic heterocycles. The van der Waals surface area contributed by atoms with Crippen molar-refractivity contribution in [2.24, 2.45) is 5.92 Å². The van der Waals surface area contributed by atoms with Gasteiger partial charge in [-0.2, -0.15) is 0 Å². The van der Waals surface area contributed by atoms with E-state index in [0.717, 1.165) is 25.6 Å². The molecule has 2 heterocycles. The first kappa shape index (κ1) is 19.4. The van der Waals surface area contributed by atoms with Crippen molar-refractivity contribution in [2.75, 3.05) is 26.4 Å². The molecule has 26 heavy (non-hydrogen) atoms. The van der Waals surface area contributed by atoms with Crippen LogP contribution in [-0.4, -0.2) is 31.3 Å².